The van der Waals surface area contributed by atoms with E-state index >= 15 is 0 Å². The van der Waals surface area contributed by atoms with Crippen LogP contribution in [-0.4, -0.2) is 18.1 Å². The zero-order valence-corrected chi connectivity index (χ0v) is 12.1. The lowest BCUT2D eigenvalue weighted by Gasteiger charge is -2.35. The van der Waals surface area contributed by atoms with Crippen molar-refractivity contribution in [1.29, 1.82) is 0 Å². The summed E-state index contributed by atoms with van der Waals surface area (Å²) in [6.07, 6.45) is 7.21. The molecule has 0 atom stereocenters. The van der Waals surface area contributed by atoms with E-state index in [0.717, 1.165) is 0 Å². The first-order chi connectivity index (χ1) is 5.91. The van der Waals surface area contributed by atoms with Crippen LogP contribution in [0.1, 0.15) is 39.0 Å². The molecule has 0 aromatic heterocycles. The maximum Gasteiger partial charge on any atom is 0.169 e. The first kappa shape index (κ1) is 11.5. The molecule has 0 N–H and O–H groups in total. The maximum absolute atomic E-state index is 6.15. The van der Waals surface area contributed by atoms with Crippen LogP contribution in [-0.2, 0) is 4.12 Å². The SMILES string of the molecule is CC1([SiH2]O[Si](C)(C)C)CCCCC1. The van der Waals surface area contributed by atoms with E-state index in [1.165, 1.54) is 32.1 Å². The summed E-state index contributed by atoms with van der Waals surface area (Å²) in [5.41, 5.74) is 0. The third-order valence-corrected chi connectivity index (χ3v) is 8.36. The van der Waals surface area contributed by atoms with Crippen LogP contribution in [0.4, 0.5) is 0 Å². The van der Waals surface area contributed by atoms with Crippen molar-refractivity contribution in [2.24, 2.45) is 0 Å². The summed E-state index contributed by atoms with van der Waals surface area (Å²) in [5, 5.41) is 0.637. The average molecular weight is 216 g/mol. The van der Waals surface area contributed by atoms with Crippen LogP contribution < -0.4 is 0 Å². The molecule has 0 aromatic rings. The Hall–Kier alpha value is 0.394. The Kier molecular flexibility index (Phi) is 3.77. The zero-order chi connectivity index (χ0) is 9.95. The Balaban J connectivity index is 2.33. The Morgan fingerprint density at radius 2 is 1.62 bits per heavy atom. The Bertz CT molecular complexity index is 157. The standard InChI is InChI=1S/C10H24OSi2/c1-10(8-6-5-7-9-10)12-11-13(2,3)4/h5-9,12H2,1-4H3. The molecule has 0 aromatic carbocycles. The van der Waals surface area contributed by atoms with Gasteiger partial charge in [0.1, 0.15) is 0 Å². The fraction of sp³-hybridized carbons (Fsp3) is 1.00. The molecule has 3 heteroatoms. The third kappa shape index (κ3) is 4.43. The highest BCUT2D eigenvalue weighted by Crippen LogP contribution is 2.41. The van der Waals surface area contributed by atoms with E-state index in [4.69, 9.17) is 4.12 Å². The number of hydrogen-bond donors (Lipinski definition) is 0. The second-order valence-electron chi connectivity index (χ2n) is 5.77. The van der Waals surface area contributed by atoms with Gasteiger partial charge in [-0.1, -0.05) is 26.2 Å². The summed E-state index contributed by atoms with van der Waals surface area (Å²) in [5.74, 6) is 0. The molecule has 0 bridgehead atoms. The van der Waals surface area contributed by atoms with Crippen LogP contribution in [0.2, 0.25) is 24.7 Å². The van der Waals surface area contributed by atoms with Crippen LogP contribution in [0.5, 0.6) is 0 Å². The average Bonchev–Trinajstić information content (AvgIpc) is 2.02. The smallest absolute Gasteiger partial charge is 0.169 e. The molecule has 0 spiro atoms. The molecular formula is C10H24OSi2. The summed E-state index contributed by atoms with van der Waals surface area (Å²) in [4.78, 5) is 0. The van der Waals surface area contributed by atoms with E-state index in [-0.39, 0.29) is 9.76 Å². The van der Waals surface area contributed by atoms with Crippen molar-refractivity contribution in [2.75, 3.05) is 0 Å². The molecule has 0 unspecified atom stereocenters. The molecular weight excluding hydrogens is 192 g/mol. The van der Waals surface area contributed by atoms with Crippen LogP contribution in [0.25, 0.3) is 0 Å². The lowest BCUT2D eigenvalue weighted by atomic mass is 9.90. The minimum absolute atomic E-state index is 0.273. The van der Waals surface area contributed by atoms with E-state index in [9.17, 15) is 0 Å². The predicted molar refractivity (Wildman–Crippen MR) is 64.4 cm³/mol. The van der Waals surface area contributed by atoms with Crippen LogP contribution in [0, 0.1) is 0 Å². The lowest BCUT2D eigenvalue weighted by molar-refractivity contribution is 0.372. The van der Waals surface area contributed by atoms with Crippen LogP contribution >= 0.6 is 0 Å². The van der Waals surface area contributed by atoms with E-state index in [0.29, 0.717) is 5.04 Å². The summed E-state index contributed by atoms with van der Waals surface area (Å²) in [6.45, 7) is 9.39. The quantitative estimate of drug-likeness (QED) is 0.659. The molecule has 1 aliphatic rings. The van der Waals surface area contributed by atoms with Gasteiger partial charge in [-0.3, -0.25) is 0 Å². The Labute approximate surface area is 86.3 Å². The molecule has 0 amide bonds. The predicted octanol–water partition coefficient (Wildman–Crippen LogP) is 3.06. The molecule has 1 rings (SSSR count). The highest BCUT2D eigenvalue weighted by atomic mass is 28.4. The van der Waals surface area contributed by atoms with Gasteiger partial charge >= 0.3 is 0 Å². The second kappa shape index (κ2) is 4.28. The van der Waals surface area contributed by atoms with Crippen molar-refractivity contribution in [3.8, 4) is 0 Å². The van der Waals surface area contributed by atoms with E-state index in [2.05, 4.69) is 26.6 Å². The van der Waals surface area contributed by atoms with Crippen molar-refractivity contribution in [3.05, 3.63) is 0 Å². The summed E-state index contributed by atoms with van der Waals surface area (Å²) in [6, 6.07) is 0. The molecule has 1 saturated carbocycles. The number of hydrogen-bond acceptors (Lipinski definition) is 1. The van der Waals surface area contributed by atoms with Crippen molar-refractivity contribution in [1.82, 2.24) is 0 Å². The first-order valence-corrected chi connectivity index (χ1v) is 10.2. The lowest BCUT2D eigenvalue weighted by Crippen LogP contribution is -2.33. The van der Waals surface area contributed by atoms with Gasteiger partial charge < -0.3 is 4.12 Å². The summed E-state index contributed by atoms with van der Waals surface area (Å²) < 4.78 is 6.15. The van der Waals surface area contributed by atoms with E-state index < -0.39 is 8.32 Å². The van der Waals surface area contributed by atoms with Gasteiger partial charge in [0.2, 0.25) is 0 Å². The van der Waals surface area contributed by atoms with Gasteiger partial charge in [-0.15, -0.1) is 0 Å². The molecule has 1 aliphatic carbocycles. The summed E-state index contributed by atoms with van der Waals surface area (Å²) in [7, 11) is -1.50. The Morgan fingerprint density at radius 1 is 1.08 bits per heavy atom. The topological polar surface area (TPSA) is 9.23 Å². The van der Waals surface area contributed by atoms with Gasteiger partial charge in [0, 0.05) is 0 Å². The van der Waals surface area contributed by atoms with Gasteiger partial charge in [-0.25, -0.2) is 0 Å². The van der Waals surface area contributed by atoms with Gasteiger partial charge in [-0.05, 0) is 37.5 Å². The fourth-order valence-corrected chi connectivity index (χ4v) is 5.85. The summed E-state index contributed by atoms with van der Waals surface area (Å²) >= 11 is 0. The highest BCUT2D eigenvalue weighted by molar-refractivity contribution is 6.74. The second-order valence-corrected chi connectivity index (χ2v) is 13.1. The molecule has 78 valence electrons. The third-order valence-electron chi connectivity index (χ3n) is 2.91. The molecule has 0 heterocycles. The monoisotopic (exact) mass is 216 g/mol. The van der Waals surface area contributed by atoms with Crippen molar-refractivity contribution < 1.29 is 4.12 Å². The van der Waals surface area contributed by atoms with Crippen LogP contribution in [0.15, 0.2) is 0 Å². The molecule has 1 nitrogen and oxygen atoms in total. The maximum atomic E-state index is 6.15. The zero-order valence-electron chi connectivity index (χ0n) is 9.65. The largest absolute Gasteiger partial charge is 0.460 e. The van der Waals surface area contributed by atoms with Crippen molar-refractivity contribution >= 4 is 18.1 Å². The normalized spacial score (nSPS) is 24.0. The van der Waals surface area contributed by atoms with E-state index in [1.54, 1.807) is 0 Å². The van der Waals surface area contributed by atoms with Gasteiger partial charge in [0.05, 0.1) is 0 Å². The van der Waals surface area contributed by atoms with Crippen LogP contribution in [0.3, 0.4) is 0 Å². The molecule has 0 saturated heterocycles. The van der Waals surface area contributed by atoms with Gasteiger partial charge in [0.15, 0.2) is 18.1 Å². The molecule has 0 radical (unpaired) electrons. The highest BCUT2D eigenvalue weighted by Gasteiger charge is 2.29. The Morgan fingerprint density at radius 3 is 2.08 bits per heavy atom. The van der Waals surface area contributed by atoms with Crippen molar-refractivity contribution in [2.45, 2.75) is 63.7 Å². The van der Waals surface area contributed by atoms with Gasteiger partial charge in [0.25, 0.3) is 0 Å². The fourth-order valence-electron chi connectivity index (χ4n) is 1.94. The number of rotatable bonds is 3. The molecule has 1 fully saturated rings. The van der Waals surface area contributed by atoms with E-state index in [1.807, 2.05) is 0 Å². The first-order valence-electron chi connectivity index (χ1n) is 5.55. The minimum atomic E-state index is -1.23. The minimum Gasteiger partial charge on any atom is -0.460 e. The van der Waals surface area contributed by atoms with Gasteiger partial charge in [-0.2, -0.15) is 0 Å². The molecule has 0 aliphatic heterocycles. The molecule has 13 heavy (non-hydrogen) atoms. The van der Waals surface area contributed by atoms with Crippen molar-refractivity contribution in [3.63, 3.8) is 0 Å².